The Morgan fingerprint density at radius 2 is 1.26 bits per heavy atom. The molecule has 1 amide bonds. The van der Waals surface area contributed by atoms with Gasteiger partial charge in [0.05, 0.1) is 13.2 Å². The molecule has 10 heteroatoms. The smallest absolute Gasteiger partial charge is 0.463 e. The van der Waals surface area contributed by atoms with Crippen molar-refractivity contribution in [3.05, 3.63) is 36.5 Å². The van der Waals surface area contributed by atoms with Crippen LogP contribution in [0.25, 0.3) is 0 Å². The van der Waals surface area contributed by atoms with Crippen LogP contribution in [0.2, 0.25) is 0 Å². The van der Waals surface area contributed by atoms with Gasteiger partial charge in [-0.25, -0.2) is 4.57 Å². The first-order chi connectivity index (χ1) is 20.8. The molecule has 2 unspecified atom stereocenters. The summed E-state index contributed by atoms with van der Waals surface area (Å²) in [5.74, 6) is -0.558. The third-order valence-corrected chi connectivity index (χ3v) is 7.56. The summed E-state index contributed by atoms with van der Waals surface area (Å²) in [5.41, 5.74) is 0. The number of carbonyl (C=O) groups is 2. The second-order valence-corrected chi connectivity index (χ2v) is 12.2. The van der Waals surface area contributed by atoms with Crippen LogP contribution in [0, 0.1) is 0 Å². The van der Waals surface area contributed by atoms with E-state index < -0.39 is 26.5 Å². The zero-order valence-electron chi connectivity index (χ0n) is 26.9. The number of carbonyl (C=O) groups excluding carboxylic acids is 2. The lowest BCUT2D eigenvalue weighted by molar-refractivity contribution is -0.147. The molecule has 3 N–H and O–H groups in total. The van der Waals surface area contributed by atoms with Crippen molar-refractivity contribution in [1.82, 2.24) is 5.32 Å². The molecule has 43 heavy (non-hydrogen) atoms. The lowest BCUT2D eigenvalue weighted by Gasteiger charge is -2.15. The van der Waals surface area contributed by atoms with Gasteiger partial charge < -0.3 is 20.1 Å². The van der Waals surface area contributed by atoms with Crippen LogP contribution in [0.4, 0.5) is 0 Å². The molecule has 0 heterocycles. The Morgan fingerprint density at radius 3 is 1.91 bits per heavy atom. The highest BCUT2D eigenvalue weighted by molar-refractivity contribution is 7.47. The van der Waals surface area contributed by atoms with Crippen molar-refractivity contribution < 1.29 is 37.9 Å². The second-order valence-electron chi connectivity index (χ2n) is 10.8. The summed E-state index contributed by atoms with van der Waals surface area (Å²) in [6.07, 6.45) is 30.2. The van der Waals surface area contributed by atoms with Crippen LogP contribution in [0.1, 0.15) is 129 Å². The van der Waals surface area contributed by atoms with E-state index in [1.165, 1.54) is 38.5 Å². The Balaban J connectivity index is 3.62. The lowest BCUT2D eigenvalue weighted by Crippen LogP contribution is -2.27. The fourth-order valence-electron chi connectivity index (χ4n) is 4.03. The summed E-state index contributed by atoms with van der Waals surface area (Å²) in [5, 5.41) is 12.4. The van der Waals surface area contributed by atoms with Gasteiger partial charge in [-0.05, 0) is 51.4 Å². The molecule has 2 atom stereocenters. The fourth-order valence-corrected chi connectivity index (χ4v) is 4.79. The second kappa shape index (κ2) is 30.3. The van der Waals surface area contributed by atoms with Gasteiger partial charge in [0.25, 0.3) is 0 Å². The SMILES string of the molecule is CCCCC/C=C\C/C=C\C/C=C\CCCCCCCCC(=O)NCCOP(=O)(O)OCC(O)COC(=O)CCCCC. The number of hydrogen-bond donors (Lipinski definition) is 3. The first-order valence-electron chi connectivity index (χ1n) is 16.5. The molecule has 0 fully saturated rings. The first kappa shape index (κ1) is 41.2. The topological polar surface area (TPSA) is 131 Å². The number of rotatable bonds is 30. The molecule has 0 aliphatic heterocycles. The van der Waals surface area contributed by atoms with Crippen LogP contribution in [0.15, 0.2) is 36.5 Å². The average molecular weight is 630 g/mol. The Hall–Kier alpha value is -1.77. The molecular formula is C33H60NO8P. The lowest BCUT2D eigenvalue weighted by atomic mass is 10.1. The number of ether oxygens (including phenoxy) is 1. The fraction of sp³-hybridized carbons (Fsp3) is 0.758. The van der Waals surface area contributed by atoms with E-state index in [1.807, 2.05) is 6.92 Å². The van der Waals surface area contributed by atoms with Gasteiger partial charge in [-0.2, -0.15) is 0 Å². The third kappa shape index (κ3) is 31.5. The molecule has 0 rings (SSSR count). The van der Waals surface area contributed by atoms with Crippen molar-refractivity contribution in [2.45, 2.75) is 136 Å². The van der Waals surface area contributed by atoms with Crippen molar-refractivity contribution in [1.29, 1.82) is 0 Å². The summed E-state index contributed by atoms with van der Waals surface area (Å²) in [7, 11) is -4.39. The number of nitrogens with one attached hydrogen (secondary N) is 1. The van der Waals surface area contributed by atoms with E-state index in [1.54, 1.807) is 0 Å². The highest BCUT2D eigenvalue weighted by atomic mass is 31.2. The number of phosphoric acid groups is 1. The highest BCUT2D eigenvalue weighted by Crippen LogP contribution is 2.42. The maximum atomic E-state index is 12.0. The Kier molecular flexibility index (Phi) is 29.0. The molecular weight excluding hydrogens is 569 g/mol. The van der Waals surface area contributed by atoms with E-state index >= 15 is 0 Å². The average Bonchev–Trinajstić information content (AvgIpc) is 2.98. The van der Waals surface area contributed by atoms with Gasteiger partial charge in [-0.3, -0.25) is 18.6 Å². The molecule has 0 bridgehead atoms. The molecule has 0 radical (unpaired) electrons. The summed E-state index contributed by atoms with van der Waals surface area (Å²) in [6.45, 7) is 3.28. The maximum Gasteiger partial charge on any atom is 0.472 e. The highest BCUT2D eigenvalue weighted by Gasteiger charge is 2.23. The van der Waals surface area contributed by atoms with Gasteiger partial charge >= 0.3 is 13.8 Å². The number of phosphoric ester groups is 1. The minimum absolute atomic E-state index is 0.0736. The van der Waals surface area contributed by atoms with Crippen LogP contribution >= 0.6 is 7.82 Å². The Labute approximate surface area is 261 Å². The molecule has 0 aliphatic carbocycles. The maximum absolute atomic E-state index is 12.0. The zero-order chi connectivity index (χ0) is 31.9. The van der Waals surface area contributed by atoms with Crippen molar-refractivity contribution in [2.24, 2.45) is 0 Å². The van der Waals surface area contributed by atoms with E-state index in [0.717, 1.165) is 57.8 Å². The van der Waals surface area contributed by atoms with Crippen LogP contribution in [-0.2, 0) is 27.9 Å². The monoisotopic (exact) mass is 629 g/mol. The molecule has 0 saturated heterocycles. The quantitative estimate of drug-likeness (QED) is 0.0317. The Morgan fingerprint density at radius 1 is 0.721 bits per heavy atom. The molecule has 0 saturated carbocycles. The first-order valence-corrected chi connectivity index (χ1v) is 18.0. The number of allylic oxidation sites excluding steroid dienone is 6. The number of aliphatic hydroxyl groups excluding tert-OH is 1. The van der Waals surface area contributed by atoms with Crippen molar-refractivity contribution in [3.8, 4) is 0 Å². The van der Waals surface area contributed by atoms with Crippen molar-refractivity contribution in [3.63, 3.8) is 0 Å². The van der Waals surface area contributed by atoms with E-state index in [0.29, 0.717) is 12.8 Å². The number of esters is 1. The molecule has 0 spiro atoms. The van der Waals surface area contributed by atoms with E-state index in [-0.39, 0.29) is 32.1 Å². The number of amides is 1. The van der Waals surface area contributed by atoms with Gasteiger partial charge in [0.1, 0.15) is 12.7 Å². The van der Waals surface area contributed by atoms with Crippen LogP contribution in [0.3, 0.4) is 0 Å². The molecule has 9 nitrogen and oxygen atoms in total. The third-order valence-electron chi connectivity index (χ3n) is 6.57. The standard InChI is InChI=1S/C33H60NO8P/c1-3-5-7-8-9-10-11-12-13-14-15-16-17-18-19-20-21-22-24-25-32(36)34-27-28-41-43(38,39)42-30-31(35)29-40-33(37)26-23-6-4-2/h9-10,12-13,15-16,31,35H,3-8,11,14,17-30H2,1-2H3,(H,34,36)(H,38,39)/b10-9-,13-12-,16-15-. The minimum atomic E-state index is -4.39. The van der Waals surface area contributed by atoms with Gasteiger partial charge in [0.2, 0.25) is 5.91 Å². The number of unbranched alkanes of at least 4 members (excludes halogenated alkanes) is 11. The number of hydrogen-bond acceptors (Lipinski definition) is 7. The predicted molar refractivity (Wildman–Crippen MR) is 174 cm³/mol. The largest absolute Gasteiger partial charge is 0.472 e. The van der Waals surface area contributed by atoms with Gasteiger partial charge in [-0.15, -0.1) is 0 Å². The predicted octanol–water partition coefficient (Wildman–Crippen LogP) is 7.87. The van der Waals surface area contributed by atoms with Gasteiger partial charge in [0.15, 0.2) is 0 Å². The van der Waals surface area contributed by atoms with Gasteiger partial charge in [0, 0.05) is 19.4 Å². The van der Waals surface area contributed by atoms with Crippen LogP contribution in [0.5, 0.6) is 0 Å². The van der Waals surface area contributed by atoms with Crippen LogP contribution < -0.4 is 5.32 Å². The normalized spacial score (nSPS) is 14.0. The van der Waals surface area contributed by atoms with Gasteiger partial charge in [-0.1, -0.05) is 102 Å². The van der Waals surface area contributed by atoms with E-state index in [9.17, 15) is 24.2 Å². The molecule has 0 aromatic carbocycles. The molecule has 0 aliphatic rings. The summed E-state index contributed by atoms with van der Waals surface area (Å²) in [4.78, 5) is 33.2. The zero-order valence-corrected chi connectivity index (χ0v) is 27.8. The molecule has 0 aromatic rings. The molecule has 0 aromatic heterocycles. The Bertz CT molecular complexity index is 815. The summed E-state index contributed by atoms with van der Waals surface area (Å²) >= 11 is 0. The van der Waals surface area contributed by atoms with Crippen molar-refractivity contribution in [2.75, 3.05) is 26.4 Å². The summed E-state index contributed by atoms with van der Waals surface area (Å²) < 4.78 is 26.4. The molecule has 250 valence electrons. The van der Waals surface area contributed by atoms with Crippen LogP contribution in [-0.4, -0.2) is 54.3 Å². The van der Waals surface area contributed by atoms with E-state index in [4.69, 9.17) is 13.8 Å². The number of aliphatic hydroxyl groups is 1. The van der Waals surface area contributed by atoms with E-state index in [2.05, 4.69) is 48.7 Å². The summed E-state index contributed by atoms with van der Waals surface area (Å²) in [6, 6.07) is 0. The minimum Gasteiger partial charge on any atom is -0.463 e. The van der Waals surface area contributed by atoms with Crippen molar-refractivity contribution >= 4 is 19.7 Å².